The third-order valence-electron chi connectivity index (χ3n) is 5.91. The Labute approximate surface area is 167 Å². The van der Waals surface area contributed by atoms with Gasteiger partial charge in [-0.05, 0) is 31.9 Å². The lowest BCUT2D eigenvalue weighted by Crippen LogP contribution is -2.50. The molecule has 3 heterocycles. The first kappa shape index (κ1) is 19.0. The molecule has 150 valence electrons. The van der Waals surface area contributed by atoms with Crippen LogP contribution >= 0.6 is 0 Å². The van der Waals surface area contributed by atoms with E-state index in [4.69, 9.17) is 0 Å². The molecule has 0 radical (unpaired) electrons. The number of likely N-dealkylation sites (tertiary alicyclic amines) is 1. The van der Waals surface area contributed by atoms with Crippen molar-refractivity contribution < 1.29 is 4.79 Å². The summed E-state index contributed by atoms with van der Waals surface area (Å²) in [5, 5.41) is 0. The quantitative estimate of drug-likeness (QED) is 0.817. The second kappa shape index (κ2) is 8.78. The molecule has 6 heteroatoms. The molecule has 0 atom stereocenters. The number of hydrogen-bond acceptors (Lipinski definition) is 4. The van der Waals surface area contributed by atoms with Crippen molar-refractivity contribution in [2.75, 3.05) is 50.7 Å². The van der Waals surface area contributed by atoms with Crippen LogP contribution in [0.3, 0.4) is 0 Å². The van der Waals surface area contributed by atoms with Crippen LogP contribution in [0.4, 0.5) is 5.95 Å². The molecule has 0 saturated carbocycles. The lowest BCUT2D eigenvalue weighted by molar-refractivity contribution is -0.132. The number of benzene rings is 1. The number of hydrogen-bond donors (Lipinski definition) is 0. The van der Waals surface area contributed by atoms with Crippen molar-refractivity contribution in [3.63, 3.8) is 0 Å². The zero-order valence-corrected chi connectivity index (χ0v) is 16.9. The van der Waals surface area contributed by atoms with Crippen molar-refractivity contribution >= 4 is 11.9 Å². The minimum Gasteiger partial charge on any atom is -0.342 e. The van der Waals surface area contributed by atoms with Gasteiger partial charge in [0.25, 0.3) is 0 Å². The van der Waals surface area contributed by atoms with E-state index < -0.39 is 0 Å². The highest BCUT2D eigenvalue weighted by atomic mass is 16.2. The summed E-state index contributed by atoms with van der Waals surface area (Å²) in [5.74, 6) is 1.29. The lowest BCUT2D eigenvalue weighted by Gasteiger charge is -2.36. The van der Waals surface area contributed by atoms with Crippen LogP contribution in [0.5, 0.6) is 0 Å². The minimum absolute atomic E-state index is 0.302. The van der Waals surface area contributed by atoms with Crippen molar-refractivity contribution in [3.05, 3.63) is 42.2 Å². The molecule has 2 saturated heterocycles. The summed E-state index contributed by atoms with van der Waals surface area (Å²) in [5.41, 5.74) is 2.39. The number of rotatable bonds is 4. The van der Waals surface area contributed by atoms with E-state index in [1.54, 1.807) is 0 Å². The Balaban J connectivity index is 1.34. The molecule has 28 heavy (non-hydrogen) atoms. The van der Waals surface area contributed by atoms with Crippen LogP contribution in [0.1, 0.15) is 31.2 Å². The highest BCUT2D eigenvalue weighted by molar-refractivity contribution is 5.78. The normalized spacial score (nSPS) is 18.9. The van der Waals surface area contributed by atoms with Crippen molar-refractivity contribution in [2.45, 2.75) is 32.6 Å². The molecule has 0 spiro atoms. The SMILES string of the molecule is Cc1ccc(-n2ccnc2N2CCN(CC(=O)N3CCCCCC3)CC2)cc1. The number of aryl methyl sites for hydroxylation is 1. The predicted molar refractivity (Wildman–Crippen MR) is 112 cm³/mol. The number of nitrogens with zero attached hydrogens (tertiary/aromatic N) is 5. The largest absolute Gasteiger partial charge is 0.342 e. The monoisotopic (exact) mass is 381 g/mol. The summed E-state index contributed by atoms with van der Waals surface area (Å²) >= 11 is 0. The van der Waals surface area contributed by atoms with Gasteiger partial charge in [0.15, 0.2) is 0 Å². The van der Waals surface area contributed by atoms with Gasteiger partial charge in [-0.1, -0.05) is 30.5 Å². The molecule has 1 aromatic heterocycles. The van der Waals surface area contributed by atoms with Crippen molar-refractivity contribution in [1.29, 1.82) is 0 Å². The second-order valence-corrected chi connectivity index (χ2v) is 7.99. The molecule has 1 aromatic carbocycles. The Bertz CT molecular complexity index is 768. The molecule has 0 unspecified atom stereocenters. The fraction of sp³-hybridized carbons (Fsp3) is 0.545. The van der Waals surface area contributed by atoms with E-state index in [-0.39, 0.29) is 0 Å². The molecule has 2 aliphatic rings. The molecular weight excluding hydrogens is 350 g/mol. The number of piperazine rings is 1. The van der Waals surface area contributed by atoms with Gasteiger partial charge in [0, 0.05) is 57.3 Å². The van der Waals surface area contributed by atoms with Gasteiger partial charge in [-0.15, -0.1) is 0 Å². The molecule has 2 aliphatic heterocycles. The first-order valence-corrected chi connectivity index (χ1v) is 10.6. The number of carbonyl (C=O) groups excluding carboxylic acids is 1. The Kier molecular flexibility index (Phi) is 5.95. The molecule has 0 N–H and O–H groups in total. The minimum atomic E-state index is 0.302. The predicted octanol–water partition coefficient (Wildman–Crippen LogP) is 2.71. The van der Waals surface area contributed by atoms with Crippen LogP contribution < -0.4 is 4.90 Å². The summed E-state index contributed by atoms with van der Waals surface area (Å²) in [4.78, 5) is 23.9. The standard InChI is InChI=1S/C22H31N5O/c1-19-6-8-20(9-7-19)27-13-10-23-22(27)26-16-14-24(15-17-26)18-21(28)25-11-4-2-3-5-12-25/h6-10,13H,2-5,11-12,14-18H2,1H3. The van der Waals surface area contributed by atoms with Gasteiger partial charge < -0.3 is 9.80 Å². The summed E-state index contributed by atoms with van der Waals surface area (Å²) in [6.07, 6.45) is 8.72. The van der Waals surface area contributed by atoms with E-state index in [1.165, 1.54) is 18.4 Å². The van der Waals surface area contributed by atoms with Crippen LogP contribution in [0, 0.1) is 6.92 Å². The van der Waals surface area contributed by atoms with Gasteiger partial charge >= 0.3 is 0 Å². The third-order valence-corrected chi connectivity index (χ3v) is 5.91. The molecule has 6 nitrogen and oxygen atoms in total. The Morgan fingerprint density at radius 1 is 0.929 bits per heavy atom. The zero-order valence-electron chi connectivity index (χ0n) is 16.9. The average molecular weight is 382 g/mol. The number of imidazole rings is 1. The van der Waals surface area contributed by atoms with Crippen LogP contribution in [0.2, 0.25) is 0 Å². The first-order valence-electron chi connectivity index (χ1n) is 10.6. The van der Waals surface area contributed by atoms with Gasteiger partial charge in [-0.25, -0.2) is 4.98 Å². The van der Waals surface area contributed by atoms with Crippen molar-refractivity contribution in [1.82, 2.24) is 19.4 Å². The third kappa shape index (κ3) is 4.38. The number of amides is 1. The first-order chi connectivity index (χ1) is 13.7. The Hall–Kier alpha value is -2.34. The van der Waals surface area contributed by atoms with Crippen LogP contribution in [-0.4, -0.2) is 71.1 Å². The van der Waals surface area contributed by atoms with E-state index in [1.807, 2.05) is 12.4 Å². The van der Waals surface area contributed by atoms with Crippen LogP contribution in [0.25, 0.3) is 5.69 Å². The maximum atomic E-state index is 12.7. The van der Waals surface area contributed by atoms with Gasteiger partial charge in [0.05, 0.1) is 6.54 Å². The summed E-state index contributed by atoms with van der Waals surface area (Å²) in [6.45, 7) is 8.14. The van der Waals surface area contributed by atoms with Crippen molar-refractivity contribution in [2.24, 2.45) is 0 Å². The van der Waals surface area contributed by atoms with Crippen LogP contribution in [0.15, 0.2) is 36.7 Å². The molecule has 1 amide bonds. The molecule has 4 rings (SSSR count). The lowest BCUT2D eigenvalue weighted by atomic mass is 10.2. The topological polar surface area (TPSA) is 44.6 Å². The second-order valence-electron chi connectivity index (χ2n) is 7.99. The van der Waals surface area contributed by atoms with E-state index >= 15 is 0 Å². The number of anilines is 1. The molecule has 2 aromatic rings. The summed E-state index contributed by atoms with van der Waals surface area (Å²) < 4.78 is 2.15. The fourth-order valence-electron chi connectivity index (χ4n) is 4.15. The molecular formula is C22H31N5O. The molecule has 0 aliphatic carbocycles. The van der Waals surface area contributed by atoms with E-state index in [0.717, 1.165) is 63.7 Å². The van der Waals surface area contributed by atoms with Gasteiger partial charge in [-0.3, -0.25) is 14.3 Å². The number of aromatic nitrogens is 2. The smallest absolute Gasteiger partial charge is 0.236 e. The molecule has 0 bridgehead atoms. The maximum absolute atomic E-state index is 12.7. The van der Waals surface area contributed by atoms with Crippen molar-refractivity contribution in [3.8, 4) is 5.69 Å². The van der Waals surface area contributed by atoms with E-state index in [0.29, 0.717) is 12.5 Å². The van der Waals surface area contributed by atoms with Crippen LogP contribution in [-0.2, 0) is 4.79 Å². The van der Waals surface area contributed by atoms with Gasteiger partial charge in [-0.2, -0.15) is 0 Å². The summed E-state index contributed by atoms with van der Waals surface area (Å²) in [6, 6.07) is 8.53. The van der Waals surface area contributed by atoms with Gasteiger partial charge in [0.1, 0.15) is 0 Å². The van der Waals surface area contributed by atoms with E-state index in [2.05, 4.69) is 55.4 Å². The summed E-state index contributed by atoms with van der Waals surface area (Å²) in [7, 11) is 0. The average Bonchev–Trinajstić information content (AvgIpc) is 3.03. The van der Waals surface area contributed by atoms with E-state index in [9.17, 15) is 4.79 Å². The highest BCUT2D eigenvalue weighted by Crippen LogP contribution is 2.20. The zero-order chi connectivity index (χ0) is 19.3. The maximum Gasteiger partial charge on any atom is 0.236 e. The van der Waals surface area contributed by atoms with Gasteiger partial charge in [0.2, 0.25) is 11.9 Å². The highest BCUT2D eigenvalue weighted by Gasteiger charge is 2.24. The number of carbonyl (C=O) groups is 1. The molecule has 2 fully saturated rings. The fourth-order valence-corrected chi connectivity index (χ4v) is 4.15. The Morgan fingerprint density at radius 3 is 2.29 bits per heavy atom. The Morgan fingerprint density at radius 2 is 1.61 bits per heavy atom.